The Kier molecular flexibility index (Phi) is 8.54. The van der Waals surface area contributed by atoms with Crippen LogP contribution in [0, 0.1) is 0 Å². The molecule has 0 spiro atoms. The van der Waals surface area contributed by atoms with Crippen LogP contribution in [0.4, 0.5) is 0 Å². The lowest BCUT2D eigenvalue weighted by Crippen LogP contribution is -2.29. The van der Waals surface area contributed by atoms with Gasteiger partial charge >= 0.3 is 11.9 Å². The van der Waals surface area contributed by atoms with Gasteiger partial charge in [0.2, 0.25) is 0 Å². The maximum Gasteiger partial charge on any atom is 0.303 e. The van der Waals surface area contributed by atoms with Crippen molar-refractivity contribution in [3.05, 3.63) is 0 Å². The molecule has 0 aliphatic carbocycles. The van der Waals surface area contributed by atoms with Gasteiger partial charge in [0.15, 0.2) is 12.4 Å². The maximum atomic E-state index is 11.2. The van der Waals surface area contributed by atoms with Crippen LogP contribution in [-0.4, -0.2) is 54.4 Å². The van der Waals surface area contributed by atoms with Crippen molar-refractivity contribution in [2.24, 2.45) is 0 Å². The molecule has 118 valence electrons. The fourth-order valence-electron chi connectivity index (χ4n) is 0.931. The predicted molar refractivity (Wildman–Crippen MR) is 59.9 cm³/mol. The summed E-state index contributed by atoms with van der Waals surface area (Å²) in [6.07, 6.45) is -3.12. The van der Waals surface area contributed by atoms with E-state index >= 15 is 0 Å². The first-order valence-corrected chi connectivity index (χ1v) is 6.85. The Hall–Kier alpha value is -1.03. The lowest BCUT2D eigenvalue weighted by molar-refractivity contribution is -0.233. The summed E-state index contributed by atoms with van der Waals surface area (Å²) in [5.41, 5.74) is 0. The van der Waals surface area contributed by atoms with Gasteiger partial charge in [0.05, 0.1) is 6.61 Å². The first kappa shape index (κ1) is 19.0. The molecule has 0 rings (SSSR count). The summed E-state index contributed by atoms with van der Waals surface area (Å²) in [6, 6.07) is 0. The first-order chi connectivity index (χ1) is 9.12. The Balaban J connectivity index is 4.31. The molecule has 0 aromatic heterocycles. The van der Waals surface area contributed by atoms with Gasteiger partial charge in [0.25, 0.3) is 7.82 Å². The van der Waals surface area contributed by atoms with Crippen molar-refractivity contribution in [3.63, 3.8) is 0 Å². The summed E-state index contributed by atoms with van der Waals surface area (Å²) in [6.45, 7) is 0.266. The maximum absolute atomic E-state index is 11.2. The molecule has 10 nitrogen and oxygen atoms in total. The van der Waals surface area contributed by atoms with Crippen molar-refractivity contribution in [2.75, 3.05) is 19.8 Å². The van der Waals surface area contributed by atoms with Crippen molar-refractivity contribution < 1.29 is 47.8 Å². The summed E-state index contributed by atoms with van der Waals surface area (Å²) in [7, 11) is -4.79. The Bertz CT molecular complexity index is 368. The third-order valence-corrected chi connectivity index (χ3v) is 2.54. The second-order valence-electron chi connectivity index (χ2n) is 3.55. The Labute approximate surface area is 114 Å². The minimum Gasteiger partial charge on any atom is -0.756 e. The fourth-order valence-corrected chi connectivity index (χ4v) is 1.67. The lowest BCUT2D eigenvalue weighted by Gasteiger charge is -2.25. The summed E-state index contributed by atoms with van der Waals surface area (Å²) in [4.78, 5) is 32.6. The van der Waals surface area contributed by atoms with Gasteiger partial charge in [-0.25, -0.2) is 0 Å². The normalized spacial score (nSPS) is 15.5. The molecule has 0 aliphatic heterocycles. The van der Waals surface area contributed by atoms with Crippen LogP contribution in [0.1, 0.15) is 13.8 Å². The minimum atomic E-state index is -4.79. The zero-order valence-corrected chi connectivity index (χ0v) is 11.8. The molecule has 0 fully saturated rings. The highest BCUT2D eigenvalue weighted by Crippen LogP contribution is 2.38. The van der Waals surface area contributed by atoms with Crippen molar-refractivity contribution in [2.45, 2.75) is 26.2 Å². The topological polar surface area (TPSA) is 152 Å². The predicted octanol–water partition coefficient (Wildman–Crippen LogP) is -1.71. The number of rotatable bonds is 9. The molecule has 0 saturated carbocycles. The van der Waals surface area contributed by atoms with Crippen LogP contribution in [0.15, 0.2) is 0 Å². The number of hydrogen-bond acceptors (Lipinski definition) is 10. The van der Waals surface area contributed by atoms with E-state index in [1.54, 1.807) is 0 Å². The van der Waals surface area contributed by atoms with Crippen LogP contribution in [0.5, 0.6) is 0 Å². The van der Waals surface area contributed by atoms with Gasteiger partial charge in [0, 0.05) is 13.8 Å². The van der Waals surface area contributed by atoms with E-state index in [4.69, 9.17) is 10.2 Å². The third kappa shape index (κ3) is 10.9. The average Bonchev–Trinajstić information content (AvgIpc) is 2.30. The van der Waals surface area contributed by atoms with E-state index in [2.05, 4.69) is 18.5 Å². The zero-order chi connectivity index (χ0) is 15.8. The number of phosphoric ester groups is 1. The van der Waals surface area contributed by atoms with Crippen LogP contribution in [0.3, 0.4) is 0 Å². The number of phosphoric acid groups is 1. The molecular formula is C9H16O10P-. The van der Waals surface area contributed by atoms with Crippen LogP contribution in [0.25, 0.3) is 0 Å². The fraction of sp³-hybridized carbons (Fsp3) is 0.778. The second kappa shape index (κ2) is 9.01. The molecule has 0 aromatic rings. The highest BCUT2D eigenvalue weighted by atomic mass is 31.2. The molecule has 2 N–H and O–H groups in total. The van der Waals surface area contributed by atoms with Crippen LogP contribution < -0.4 is 4.89 Å². The number of aliphatic hydroxyl groups is 2. The Morgan fingerprint density at radius 2 is 1.65 bits per heavy atom. The number of carbonyl (C=O) groups excluding carboxylic acids is 2. The second-order valence-corrected chi connectivity index (χ2v) is 4.96. The molecule has 11 heteroatoms. The molecule has 0 aliphatic rings. The van der Waals surface area contributed by atoms with E-state index in [9.17, 15) is 19.0 Å². The van der Waals surface area contributed by atoms with Crippen LogP contribution in [-0.2, 0) is 32.7 Å². The quantitative estimate of drug-likeness (QED) is 0.286. The van der Waals surface area contributed by atoms with Crippen LogP contribution in [0.2, 0.25) is 0 Å². The number of carbonyl (C=O) groups is 2. The Morgan fingerprint density at radius 1 is 1.10 bits per heavy atom. The van der Waals surface area contributed by atoms with Crippen molar-refractivity contribution in [1.29, 1.82) is 0 Å². The van der Waals surface area contributed by atoms with E-state index in [0.29, 0.717) is 0 Å². The van der Waals surface area contributed by atoms with Gasteiger partial charge < -0.3 is 33.6 Å². The molecular weight excluding hydrogens is 299 g/mol. The van der Waals surface area contributed by atoms with Crippen LogP contribution >= 0.6 is 7.82 Å². The van der Waals surface area contributed by atoms with E-state index < -0.39 is 52.0 Å². The molecule has 0 bridgehead atoms. The summed E-state index contributed by atoms with van der Waals surface area (Å²) < 4.78 is 28.9. The highest BCUT2D eigenvalue weighted by Gasteiger charge is 2.19. The van der Waals surface area contributed by atoms with Gasteiger partial charge in [-0.2, -0.15) is 0 Å². The van der Waals surface area contributed by atoms with Gasteiger partial charge in [-0.15, -0.1) is 0 Å². The largest absolute Gasteiger partial charge is 0.756 e. The summed E-state index contributed by atoms with van der Waals surface area (Å²) in [5, 5.41) is 16.9. The monoisotopic (exact) mass is 315 g/mol. The van der Waals surface area contributed by atoms with Crippen molar-refractivity contribution in [3.8, 4) is 0 Å². The third-order valence-electron chi connectivity index (χ3n) is 1.61. The van der Waals surface area contributed by atoms with Gasteiger partial charge in [0.1, 0.15) is 13.2 Å². The molecule has 2 unspecified atom stereocenters. The summed E-state index contributed by atoms with van der Waals surface area (Å²) in [5.74, 6) is -1.37. The van der Waals surface area contributed by atoms with Crippen molar-refractivity contribution >= 4 is 19.8 Å². The standard InChI is InChI=1S/C9H17O10P/c1-6(10)16-3-8(19-7(2)11)4-17-20(14,15)18-5-9(12)13/h8-9,12-13H,3-5H2,1-2H3,(H,14,15)/p-1. The number of ether oxygens (including phenoxy) is 2. The minimum absolute atomic E-state index is 0.391. The van der Waals surface area contributed by atoms with Gasteiger partial charge in [-0.05, 0) is 0 Å². The molecule has 2 atom stereocenters. The number of aliphatic hydroxyl groups excluding tert-OH is 1. The molecule has 0 radical (unpaired) electrons. The zero-order valence-electron chi connectivity index (χ0n) is 10.9. The molecule has 0 aromatic carbocycles. The molecule has 0 heterocycles. The number of esters is 2. The van der Waals surface area contributed by atoms with E-state index in [1.807, 2.05) is 0 Å². The van der Waals surface area contributed by atoms with Crippen molar-refractivity contribution in [1.82, 2.24) is 0 Å². The van der Waals surface area contributed by atoms with E-state index in [1.165, 1.54) is 0 Å². The van der Waals surface area contributed by atoms with E-state index in [-0.39, 0.29) is 0 Å². The molecule has 20 heavy (non-hydrogen) atoms. The highest BCUT2D eigenvalue weighted by molar-refractivity contribution is 7.45. The lowest BCUT2D eigenvalue weighted by atomic mass is 10.4. The van der Waals surface area contributed by atoms with Gasteiger partial charge in [-0.3, -0.25) is 14.2 Å². The van der Waals surface area contributed by atoms with Gasteiger partial charge in [-0.1, -0.05) is 0 Å². The first-order valence-electron chi connectivity index (χ1n) is 5.39. The molecule has 0 amide bonds. The smallest absolute Gasteiger partial charge is 0.303 e. The average molecular weight is 315 g/mol. The SMILES string of the molecule is CC(=O)OCC(COP(=O)([O-])OCC(O)O)OC(C)=O. The Morgan fingerprint density at radius 3 is 2.10 bits per heavy atom. The summed E-state index contributed by atoms with van der Waals surface area (Å²) >= 11 is 0. The molecule has 0 saturated heterocycles. The number of hydrogen-bond donors (Lipinski definition) is 2. The van der Waals surface area contributed by atoms with E-state index in [0.717, 1.165) is 13.8 Å².